The molecule has 444 valence electrons. The maximum Gasteiger partial charge on any atom is 0.426 e. The van der Waals surface area contributed by atoms with Gasteiger partial charge in [0.1, 0.15) is 42.6 Å². The van der Waals surface area contributed by atoms with E-state index in [-0.39, 0.29) is 98.4 Å². The predicted octanol–water partition coefficient (Wildman–Crippen LogP) is 3.40. The molecule has 11 N–H and O–H groups in total. The molecule has 0 unspecified atom stereocenters. The lowest BCUT2D eigenvalue weighted by molar-refractivity contribution is -0.146. The number of primary amides is 1. The Balaban J connectivity index is 1.21. The van der Waals surface area contributed by atoms with Gasteiger partial charge in [0.2, 0.25) is 35.4 Å². The fraction of sp³-hybridized carbons (Fsp3) is 0.618. The summed E-state index contributed by atoms with van der Waals surface area (Å²) in [5.74, 6) is -3.06. The van der Waals surface area contributed by atoms with Crippen LogP contribution in [0.15, 0.2) is 60.2 Å². The lowest BCUT2D eigenvalue weighted by Crippen LogP contribution is -2.54. The predicted molar refractivity (Wildman–Crippen MR) is 298 cm³/mol. The highest BCUT2D eigenvalue weighted by atomic mass is 79.9. The summed E-state index contributed by atoms with van der Waals surface area (Å²) < 4.78 is 28.5. The summed E-state index contributed by atoms with van der Waals surface area (Å²) >= 11 is 3.09. The minimum Gasteiger partial charge on any atom is -0.459 e. The number of aliphatic hydroxyl groups is 1. The van der Waals surface area contributed by atoms with Crippen molar-refractivity contribution in [1.82, 2.24) is 37.4 Å². The van der Waals surface area contributed by atoms with Crippen LogP contribution in [-0.2, 0) is 63.9 Å². The number of alkyl halides is 1. The molecule has 0 saturated carbocycles. The Kier molecular flexibility index (Phi) is 27.6. The van der Waals surface area contributed by atoms with Gasteiger partial charge in [-0.2, -0.15) is 0 Å². The highest BCUT2D eigenvalue weighted by Crippen LogP contribution is 2.43. The second-order valence-electron chi connectivity index (χ2n) is 20.9. The number of aliphatic hydroxyl groups excluding tert-OH is 1. The van der Waals surface area contributed by atoms with Gasteiger partial charge >= 0.3 is 18.1 Å². The Bertz CT molecular complexity index is 2370. The number of carbonyl (C=O) groups is 9. The van der Waals surface area contributed by atoms with Crippen LogP contribution in [0.1, 0.15) is 118 Å². The highest BCUT2D eigenvalue weighted by molar-refractivity contribution is 9.09. The Morgan fingerprint density at radius 2 is 1.59 bits per heavy atom. The van der Waals surface area contributed by atoms with Crippen LogP contribution < -0.4 is 48.5 Å². The zero-order valence-electron chi connectivity index (χ0n) is 46.8. The summed E-state index contributed by atoms with van der Waals surface area (Å²) in [5, 5.41) is 27.8. The molecule has 80 heavy (non-hydrogen) atoms. The number of anilines is 1. The third kappa shape index (κ3) is 23.7. The zero-order valence-corrected chi connectivity index (χ0v) is 48.4. The molecule has 1 spiro atoms. The molecule has 1 aromatic carbocycles. The zero-order chi connectivity index (χ0) is 58.9. The van der Waals surface area contributed by atoms with E-state index in [1.54, 1.807) is 51.1 Å². The van der Waals surface area contributed by atoms with Crippen LogP contribution in [-0.4, -0.2) is 144 Å². The number of nitrogens with one attached hydrogen (secondary N) is 8. The molecule has 1 aromatic rings. The first kappa shape index (κ1) is 66.1. The van der Waals surface area contributed by atoms with E-state index in [1.807, 2.05) is 26.0 Å². The summed E-state index contributed by atoms with van der Waals surface area (Å²) in [6.07, 6.45) is 8.19. The molecule has 4 rings (SSSR count). The topological polar surface area (TPSA) is 346 Å². The van der Waals surface area contributed by atoms with Crippen LogP contribution >= 0.6 is 15.9 Å². The number of epoxide rings is 1. The number of esters is 1. The number of urea groups is 1. The smallest absolute Gasteiger partial charge is 0.426 e. The Morgan fingerprint density at radius 3 is 2.25 bits per heavy atom. The van der Waals surface area contributed by atoms with E-state index in [4.69, 9.17) is 29.4 Å². The molecule has 0 aliphatic carbocycles. The molecule has 24 nitrogen and oxygen atoms in total. The van der Waals surface area contributed by atoms with Gasteiger partial charge in [-0.25, -0.2) is 15.0 Å². The molecule has 3 aliphatic heterocycles. The van der Waals surface area contributed by atoms with E-state index < -0.39 is 77.9 Å². The highest BCUT2D eigenvalue weighted by Gasteiger charge is 2.58. The average molecular weight is 1190 g/mol. The van der Waals surface area contributed by atoms with Gasteiger partial charge < -0.3 is 66.4 Å². The number of hydrogen-bond donors (Lipinski definition) is 10. The standard InChI is InChI=1S/C55H82BrN9O15/c1-32(2)49(63-45(67)13-9-8-10-24-58-48(70)29-56)52(73)62-41(12-11-25-59-53(57)74)51(72)60-39-19-17-38(18-20-39)30-76-54(75)65-64-47(69)27-40-28-55(31-77-55)50(71)44(80-40)22-15-33(3)14-21-43-34(4)26-42(36(6)79-43)61-46(68)23-16-35(5)78-37(7)66/h14-20,22-23,32,34-36,40-44,49-50,71H,8-13,21,24-31H2,1-7H3,(H,58,70)(H,60,72)(H,61,68)(H,62,73)(H,63,67)(H,64,69)(H,65,75)(H3,57,59,74)/b22-15+,23-16-,33-14+/t34-,35-,36+,40+,41-,42+,43-,44+,49+,50+,55+/m0/s1. The number of nitrogens with two attached hydrogens (primary N) is 1. The van der Waals surface area contributed by atoms with Crippen molar-refractivity contribution in [2.24, 2.45) is 17.6 Å². The van der Waals surface area contributed by atoms with Gasteiger partial charge in [0, 0.05) is 44.6 Å². The number of unbranched alkanes of at least 4 members (excludes halogenated alkanes) is 2. The van der Waals surface area contributed by atoms with Crippen LogP contribution in [0.5, 0.6) is 0 Å². The van der Waals surface area contributed by atoms with Gasteiger partial charge in [-0.3, -0.25) is 39.0 Å². The monoisotopic (exact) mass is 1190 g/mol. The van der Waals surface area contributed by atoms with E-state index in [0.717, 1.165) is 5.57 Å². The van der Waals surface area contributed by atoms with Gasteiger partial charge in [-0.1, -0.05) is 79.1 Å². The molecule has 11 atom stereocenters. The van der Waals surface area contributed by atoms with E-state index in [1.165, 1.54) is 19.1 Å². The van der Waals surface area contributed by atoms with E-state index >= 15 is 0 Å². The first-order valence-electron chi connectivity index (χ1n) is 27.2. The minimum absolute atomic E-state index is 0.0987. The summed E-state index contributed by atoms with van der Waals surface area (Å²) in [5.41, 5.74) is 10.7. The number of allylic oxidation sites excluding steroid dienone is 2. The van der Waals surface area contributed by atoms with Gasteiger partial charge in [0.25, 0.3) is 0 Å². The minimum atomic E-state index is -1.06. The molecule has 3 aliphatic rings. The molecule has 0 bridgehead atoms. The molecule has 0 radical (unpaired) electrons. The second-order valence-corrected chi connectivity index (χ2v) is 21.4. The maximum absolute atomic E-state index is 13.6. The fourth-order valence-corrected chi connectivity index (χ4v) is 9.25. The number of rotatable bonds is 29. The quantitative estimate of drug-likeness (QED) is 0.0105. The Hall–Kier alpha value is -6.41. The average Bonchev–Trinajstić information content (AvgIpc) is 4.39. The molecule has 3 saturated heterocycles. The molecule has 0 aromatic heterocycles. The molecule has 3 fully saturated rings. The normalized spacial score (nSPS) is 23.7. The van der Waals surface area contributed by atoms with Gasteiger partial charge in [0.15, 0.2) is 0 Å². The SMILES string of the molecule is CC(=O)O[C@@H](C)/C=C\C(=O)N[C@@H]1C[C@H](C)[C@H](C/C=C(C)/C=C/[C@H]2O[C@H](CC(=O)NNC(=O)OCc3ccc(NC(=O)[C@H](CCCNC(N)=O)NC(=O)[C@H](NC(=O)CCCCCNC(=O)CBr)C(C)C)cc3)C[C@@]3(CO3)[C@@H]2O)O[C@@H]1C. The van der Waals surface area contributed by atoms with Crippen LogP contribution in [0.25, 0.3) is 0 Å². The fourth-order valence-electron chi connectivity index (χ4n) is 9.05. The van der Waals surface area contributed by atoms with Gasteiger partial charge in [0.05, 0.1) is 42.7 Å². The number of hydrazine groups is 1. The van der Waals surface area contributed by atoms with Crippen molar-refractivity contribution in [3.8, 4) is 0 Å². The van der Waals surface area contributed by atoms with Crippen LogP contribution in [0.3, 0.4) is 0 Å². The van der Waals surface area contributed by atoms with Crippen molar-refractivity contribution >= 4 is 75.2 Å². The van der Waals surface area contributed by atoms with Crippen LogP contribution in [0.4, 0.5) is 15.3 Å². The number of hydrogen-bond acceptors (Lipinski definition) is 15. The van der Waals surface area contributed by atoms with Crippen molar-refractivity contribution < 1.29 is 71.9 Å². The first-order chi connectivity index (χ1) is 38.0. The number of carbonyl (C=O) groups excluding carboxylic acids is 9. The van der Waals surface area contributed by atoms with E-state index in [0.29, 0.717) is 56.5 Å². The van der Waals surface area contributed by atoms with E-state index in [9.17, 15) is 48.3 Å². The van der Waals surface area contributed by atoms with Gasteiger partial charge in [-0.15, -0.1) is 0 Å². The largest absolute Gasteiger partial charge is 0.459 e. The Labute approximate surface area is 476 Å². The van der Waals surface area contributed by atoms with Crippen molar-refractivity contribution in [1.29, 1.82) is 0 Å². The summed E-state index contributed by atoms with van der Waals surface area (Å²) in [4.78, 5) is 112. The molecule has 3 heterocycles. The third-order valence-electron chi connectivity index (χ3n) is 13.6. The second kappa shape index (κ2) is 33.4. The number of halogens is 1. The Morgan fingerprint density at radius 1 is 0.875 bits per heavy atom. The summed E-state index contributed by atoms with van der Waals surface area (Å²) in [6, 6.07) is 3.41. The van der Waals surface area contributed by atoms with Crippen LogP contribution in [0.2, 0.25) is 0 Å². The van der Waals surface area contributed by atoms with E-state index in [2.05, 4.69) is 65.6 Å². The van der Waals surface area contributed by atoms with Crippen LogP contribution in [0, 0.1) is 11.8 Å². The first-order valence-corrected chi connectivity index (χ1v) is 28.3. The van der Waals surface area contributed by atoms with Crippen molar-refractivity contribution in [2.45, 2.75) is 180 Å². The lowest BCUT2D eigenvalue weighted by Gasteiger charge is -2.39. The molecular formula is C55H82BrN9O15. The number of ether oxygens (including phenoxy) is 5. The third-order valence-corrected chi connectivity index (χ3v) is 14.1. The van der Waals surface area contributed by atoms with Crippen molar-refractivity contribution in [3.05, 3.63) is 65.8 Å². The summed E-state index contributed by atoms with van der Waals surface area (Å²) in [6.45, 7) is 13.2. The number of benzene rings is 1. The lowest BCUT2D eigenvalue weighted by atomic mass is 9.87. The summed E-state index contributed by atoms with van der Waals surface area (Å²) in [7, 11) is 0. The van der Waals surface area contributed by atoms with Crippen molar-refractivity contribution in [2.75, 3.05) is 30.3 Å². The van der Waals surface area contributed by atoms with Gasteiger partial charge in [-0.05, 0) is 94.9 Å². The maximum atomic E-state index is 13.6. The molecular weight excluding hydrogens is 1110 g/mol. The number of amides is 9. The molecule has 9 amide bonds. The van der Waals surface area contributed by atoms with Crippen molar-refractivity contribution in [3.63, 3.8) is 0 Å². The molecule has 25 heteroatoms.